The normalized spacial score (nSPS) is 27.5. The van der Waals surface area contributed by atoms with Gasteiger partial charge >= 0.3 is 0 Å². The highest BCUT2D eigenvalue weighted by Crippen LogP contribution is 2.27. The van der Waals surface area contributed by atoms with Gasteiger partial charge in [0.2, 0.25) is 5.91 Å². The van der Waals surface area contributed by atoms with Crippen molar-refractivity contribution in [1.82, 2.24) is 15.1 Å². The zero-order valence-corrected chi connectivity index (χ0v) is 12.6. The second-order valence-corrected chi connectivity index (χ2v) is 6.60. The average Bonchev–Trinajstić information content (AvgIpc) is 3.04. The minimum Gasteiger partial charge on any atom is -0.377 e. The highest BCUT2D eigenvalue weighted by molar-refractivity contribution is 5.79. The predicted molar refractivity (Wildman–Crippen MR) is 79.6 cm³/mol. The molecule has 6 nitrogen and oxygen atoms in total. The molecule has 1 amide bonds. The Morgan fingerprint density at radius 1 is 1.27 bits per heavy atom. The maximum Gasteiger partial charge on any atom is 0.267 e. The van der Waals surface area contributed by atoms with Crippen molar-refractivity contribution in [2.24, 2.45) is 5.92 Å². The Balaban J connectivity index is 1.55. The molecule has 1 saturated carbocycles. The lowest BCUT2D eigenvalue weighted by Crippen LogP contribution is -2.47. The first-order valence-electron chi connectivity index (χ1n) is 8.22. The lowest BCUT2D eigenvalue weighted by Gasteiger charge is -2.27. The van der Waals surface area contributed by atoms with Crippen LogP contribution in [0.2, 0.25) is 0 Å². The molecule has 1 N–H and O–H groups in total. The van der Waals surface area contributed by atoms with Crippen LogP contribution in [0.25, 0.3) is 0 Å². The summed E-state index contributed by atoms with van der Waals surface area (Å²) in [5, 5.41) is 7.60. The fourth-order valence-electron chi connectivity index (χ4n) is 3.55. The summed E-state index contributed by atoms with van der Waals surface area (Å²) >= 11 is 0. The third kappa shape index (κ3) is 2.35. The fourth-order valence-corrected chi connectivity index (χ4v) is 3.55. The largest absolute Gasteiger partial charge is 0.377 e. The molecule has 118 valence electrons. The minimum atomic E-state index is -0.192. The van der Waals surface area contributed by atoms with Crippen LogP contribution in [0.15, 0.2) is 10.9 Å². The number of carbonyl (C=O) groups is 1. The monoisotopic (exact) mass is 303 g/mol. The molecular weight excluding hydrogens is 282 g/mol. The van der Waals surface area contributed by atoms with E-state index >= 15 is 0 Å². The van der Waals surface area contributed by atoms with Gasteiger partial charge in [0.05, 0.1) is 24.9 Å². The number of carbonyl (C=O) groups excluding carboxylic acids is 1. The topological polar surface area (TPSA) is 73.2 Å². The Morgan fingerprint density at radius 2 is 2.14 bits per heavy atom. The summed E-state index contributed by atoms with van der Waals surface area (Å²) in [5.74, 6) is 0.243. The second-order valence-electron chi connectivity index (χ2n) is 6.60. The molecule has 1 saturated heterocycles. The zero-order chi connectivity index (χ0) is 15.1. The van der Waals surface area contributed by atoms with E-state index < -0.39 is 0 Å². The minimum absolute atomic E-state index is 0.0842. The molecule has 6 heteroatoms. The lowest BCUT2D eigenvalue weighted by atomic mass is 9.84. The number of ether oxygens (including phenoxy) is 1. The molecular formula is C16H21N3O3. The van der Waals surface area contributed by atoms with Gasteiger partial charge in [0.25, 0.3) is 5.56 Å². The number of nitrogens with one attached hydrogen (secondary N) is 1. The van der Waals surface area contributed by atoms with Crippen LogP contribution in [-0.2, 0) is 22.4 Å². The standard InChI is InChI=1S/C16H21N3O3/c20-15-7-11-5-2-6-12(11)18-19(15)14-9-22-8-13(14)17-16(21)10-3-1-4-10/h7,10,13-14H,1-6,8-9H2,(H,17,21). The third-order valence-electron chi connectivity index (χ3n) is 5.15. The first-order valence-corrected chi connectivity index (χ1v) is 8.22. The van der Waals surface area contributed by atoms with Gasteiger partial charge in [-0.25, -0.2) is 4.68 Å². The summed E-state index contributed by atoms with van der Waals surface area (Å²) in [6, 6.07) is 1.36. The number of hydrogen-bond acceptors (Lipinski definition) is 4. The number of fused-ring (bicyclic) bond motifs is 1. The number of amides is 1. The molecule has 0 aromatic carbocycles. The van der Waals surface area contributed by atoms with Gasteiger partial charge in [-0.1, -0.05) is 6.42 Å². The molecule has 2 heterocycles. The van der Waals surface area contributed by atoms with Gasteiger partial charge in [0.1, 0.15) is 6.04 Å². The van der Waals surface area contributed by atoms with Gasteiger partial charge in [0, 0.05) is 12.0 Å². The number of nitrogens with zero attached hydrogens (tertiary/aromatic N) is 2. The van der Waals surface area contributed by atoms with Gasteiger partial charge < -0.3 is 10.1 Å². The Labute approximate surface area is 128 Å². The Hall–Kier alpha value is -1.69. The van der Waals surface area contributed by atoms with Gasteiger partial charge in [0.15, 0.2) is 0 Å². The van der Waals surface area contributed by atoms with Crippen molar-refractivity contribution in [2.45, 2.75) is 50.6 Å². The first-order chi connectivity index (χ1) is 10.7. The Kier molecular flexibility index (Phi) is 3.48. The number of hydrogen-bond donors (Lipinski definition) is 1. The summed E-state index contributed by atoms with van der Waals surface area (Å²) < 4.78 is 7.05. The Morgan fingerprint density at radius 3 is 2.91 bits per heavy atom. The van der Waals surface area contributed by atoms with E-state index in [1.54, 1.807) is 6.07 Å². The molecule has 2 fully saturated rings. The quantitative estimate of drug-likeness (QED) is 0.887. The van der Waals surface area contributed by atoms with E-state index in [4.69, 9.17) is 4.74 Å². The average molecular weight is 303 g/mol. The molecule has 3 aliphatic rings. The van der Waals surface area contributed by atoms with Crippen molar-refractivity contribution >= 4 is 5.91 Å². The molecule has 2 aliphatic carbocycles. The van der Waals surface area contributed by atoms with Crippen LogP contribution in [0.5, 0.6) is 0 Å². The summed E-state index contributed by atoms with van der Waals surface area (Å²) in [5.41, 5.74) is 2.02. The van der Waals surface area contributed by atoms with Gasteiger partial charge in [-0.2, -0.15) is 5.10 Å². The van der Waals surface area contributed by atoms with Crippen LogP contribution < -0.4 is 10.9 Å². The summed E-state index contributed by atoms with van der Waals surface area (Å²) in [7, 11) is 0. The molecule has 2 unspecified atom stereocenters. The highest BCUT2D eigenvalue weighted by atomic mass is 16.5. The number of rotatable bonds is 3. The van der Waals surface area contributed by atoms with E-state index in [0.717, 1.165) is 49.8 Å². The van der Waals surface area contributed by atoms with Crippen LogP contribution >= 0.6 is 0 Å². The van der Waals surface area contributed by atoms with Crippen LogP contribution in [0.4, 0.5) is 0 Å². The molecule has 2 atom stereocenters. The van der Waals surface area contributed by atoms with E-state index in [0.29, 0.717) is 13.2 Å². The van der Waals surface area contributed by atoms with Crippen LogP contribution in [0.1, 0.15) is 43.0 Å². The van der Waals surface area contributed by atoms with Crippen LogP contribution in [-0.4, -0.2) is 34.9 Å². The van der Waals surface area contributed by atoms with Crippen molar-refractivity contribution in [3.05, 3.63) is 27.7 Å². The van der Waals surface area contributed by atoms with Crippen molar-refractivity contribution in [1.29, 1.82) is 0 Å². The van der Waals surface area contributed by atoms with Crippen LogP contribution in [0, 0.1) is 5.92 Å². The maximum atomic E-state index is 12.3. The summed E-state index contributed by atoms with van der Waals surface area (Å²) in [6.45, 7) is 0.885. The van der Waals surface area contributed by atoms with Crippen molar-refractivity contribution in [3.63, 3.8) is 0 Å². The summed E-state index contributed by atoms with van der Waals surface area (Å²) in [6.07, 6.45) is 6.02. The van der Waals surface area contributed by atoms with Crippen molar-refractivity contribution in [2.75, 3.05) is 13.2 Å². The van der Waals surface area contributed by atoms with Gasteiger partial charge in [-0.05, 0) is 37.7 Å². The van der Waals surface area contributed by atoms with Crippen molar-refractivity contribution in [3.8, 4) is 0 Å². The molecule has 22 heavy (non-hydrogen) atoms. The van der Waals surface area contributed by atoms with Gasteiger partial charge in [-0.3, -0.25) is 9.59 Å². The van der Waals surface area contributed by atoms with E-state index in [-0.39, 0.29) is 29.5 Å². The summed E-state index contributed by atoms with van der Waals surface area (Å²) in [4.78, 5) is 24.5. The number of aryl methyl sites for hydroxylation is 2. The lowest BCUT2D eigenvalue weighted by molar-refractivity contribution is -0.128. The molecule has 0 spiro atoms. The zero-order valence-electron chi connectivity index (χ0n) is 12.6. The van der Waals surface area contributed by atoms with Crippen LogP contribution in [0.3, 0.4) is 0 Å². The molecule has 1 aromatic rings. The molecule has 0 bridgehead atoms. The molecule has 1 aromatic heterocycles. The molecule has 0 radical (unpaired) electrons. The smallest absolute Gasteiger partial charge is 0.267 e. The molecule has 4 rings (SSSR count). The van der Waals surface area contributed by atoms with Crippen molar-refractivity contribution < 1.29 is 9.53 Å². The number of aromatic nitrogens is 2. The molecule has 1 aliphatic heterocycles. The van der Waals surface area contributed by atoms with E-state index in [2.05, 4.69) is 10.4 Å². The second kappa shape index (κ2) is 5.50. The third-order valence-corrected chi connectivity index (χ3v) is 5.15. The SMILES string of the molecule is O=C(NC1COCC1n1nc2c(cc1=O)CCC2)C1CCC1. The van der Waals surface area contributed by atoms with E-state index in [1.807, 2.05) is 0 Å². The predicted octanol–water partition coefficient (Wildman–Crippen LogP) is 0.588. The highest BCUT2D eigenvalue weighted by Gasteiger charge is 2.35. The maximum absolute atomic E-state index is 12.3. The van der Waals surface area contributed by atoms with E-state index in [1.165, 1.54) is 4.68 Å². The van der Waals surface area contributed by atoms with E-state index in [9.17, 15) is 9.59 Å². The van der Waals surface area contributed by atoms with Gasteiger partial charge in [-0.15, -0.1) is 0 Å². The first kappa shape index (κ1) is 13.9. The Bertz CT molecular complexity index is 651. The fraction of sp³-hybridized carbons (Fsp3) is 0.688.